The molecule has 0 aliphatic rings. The van der Waals surface area contributed by atoms with Crippen LogP contribution in [0.2, 0.25) is 0 Å². The standard InChI is InChI=1S/C13H13N3OS/c1-18-11-5-3-2-4-10(11)17-12-8-9(13(14)15)6-7-16-12/h2-8H,1H3,(H3,14,15). The molecule has 0 unspecified atom stereocenters. The number of hydrogen-bond donors (Lipinski definition) is 2. The summed E-state index contributed by atoms with van der Waals surface area (Å²) in [6.45, 7) is 0. The first-order valence-electron chi connectivity index (χ1n) is 5.32. The van der Waals surface area contributed by atoms with Crippen molar-refractivity contribution in [1.29, 1.82) is 5.41 Å². The highest BCUT2D eigenvalue weighted by molar-refractivity contribution is 7.98. The fourth-order valence-corrected chi connectivity index (χ4v) is 1.97. The lowest BCUT2D eigenvalue weighted by atomic mass is 10.2. The molecular weight excluding hydrogens is 246 g/mol. The number of para-hydroxylation sites is 1. The van der Waals surface area contributed by atoms with E-state index in [-0.39, 0.29) is 5.84 Å². The number of benzene rings is 1. The van der Waals surface area contributed by atoms with Crippen LogP contribution in [0.5, 0.6) is 11.6 Å². The second-order valence-electron chi connectivity index (χ2n) is 3.55. The highest BCUT2D eigenvalue weighted by Gasteiger charge is 2.05. The summed E-state index contributed by atoms with van der Waals surface area (Å²) in [6.07, 6.45) is 3.56. The Morgan fingerprint density at radius 2 is 2.11 bits per heavy atom. The van der Waals surface area contributed by atoms with E-state index in [4.69, 9.17) is 15.9 Å². The molecule has 0 radical (unpaired) electrons. The van der Waals surface area contributed by atoms with E-state index in [1.54, 1.807) is 30.1 Å². The number of hydrogen-bond acceptors (Lipinski definition) is 4. The maximum atomic E-state index is 7.38. The van der Waals surface area contributed by atoms with Gasteiger partial charge in [-0.1, -0.05) is 12.1 Å². The molecule has 0 bridgehead atoms. The monoisotopic (exact) mass is 259 g/mol. The molecule has 3 N–H and O–H groups in total. The summed E-state index contributed by atoms with van der Waals surface area (Å²) in [4.78, 5) is 5.14. The minimum absolute atomic E-state index is 0.000372. The summed E-state index contributed by atoms with van der Waals surface area (Å²) in [5.41, 5.74) is 6.03. The van der Waals surface area contributed by atoms with Crippen LogP contribution in [-0.4, -0.2) is 17.1 Å². The van der Waals surface area contributed by atoms with Crippen LogP contribution in [0.25, 0.3) is 0 Å². The minimum atomic E-state index is 0.000372. The molecule has 0 aliphatic heterocycles. The molecule has 1 heterocycles. The van der Waals surface area contributed by atoms with E-state index in [1.165, 1.54) is 0 Å². The molecule has 0 saturated carbocycles. The zero-order valence-electron chi connectivity index (χ0n) is 9.88. The first-order chi connectivity index (χ1) is 8.70. The Morgan fingerprint density at radius 1 is 1.33 bits per heavy atom. The molecule has 18 heavy (non-hydrogen) atoms. The smallest absolute Gasteiger partial charge is 0.219 e. The Morgan fingerprint density at radius 3 is 2.83 bits per heavy atom. The molecule has 0 aliphatic carbocycles. The normalized spacial score (nSPS) is 10.1. The van der Waals surface area contributed by atoms with E-state index in [0.29, 0.717) is 11.4 Å². The number of nitrogen functional groups attached to an aromatic ring is 1. The van der Waals surface area contributed by atoms with Crippen LogP contribution in [0, 0.1) is 5.41 Å². The topological polar surface area (TPSA) is 72.0 Å². The second-order valence-corrected chi connectivity index (χ2v) is 4.40. The van der Waals surface area contributed by atoms with Gasteiger partial charge in [0.05, 0.1) is 0 Å². The van der Waals surface area contributed by atoms with Gasteiger partial charge >= 0.3 is 0 Å². The van der Waals surface area contributed by atoms with Crippen LogP contribution in [0.15, 0.2) is 47.5 Å². The Labute approximate surface area is 110 Å². The zero-order chi connectivity index (χ0) is 13.0. The summed E-state index contributed by atoms with van der Waals surface area (Å²) < 4.78 is 5.71. The molecule has 0 saturated heterocycles. The molecule has 1 aromatic carbocycles. The predicted molar refractivity (Wildman–Crippen MR) is 73.6 cm³/mol. The molecule has 1 aromatic heterocycles. The van der Waals surface area contributed by atoms with Gasteiger partial charge in [0.1, 0.15) is 11.6 Å². The van der Waals surface area contributed by atoms with E-state index in [9.17, 15) is 0 Å². The van der Waals surface area contributed by atoms with E-state index in [0.717, 1.165) is 10.6 Å². The third-order valence-corrected chi connectivity index (χ3v) is 3.11. The number of amidine groups is 1. The number of ether oxygens (including phenoxy) is 1. The molecule has 5 heteroatoms. The van der Waals surface area contributed by atoms with Crippen molar-refractivity contribution in [3.05, 3.63) is 48.2 Å². The van der Waals surface area contributed by atoms with Gasteiger partial charge in [-0.25, -0.2) is 4.98 Å². The lowest BCUT2D eigenvalue weighted by Crippen LogP contribution is -2.11. The Hall–Kier alpha value is -2.01. The van der Waals surface area contributed by atoms with Crippen LogP contribution >= 0.6 is 11.8 Å². The third kappa shape index (κ3) is 2.81. The van der Waals surface area contributed by atoms with Crippen molar-refractivity contribution >= 4 is 17.6 Å². The molecule has 2 aromatic rings. The van der Waals surface area contributed by atoms with Gasteiger partial charge in [-0.05, 0) is 24.5 Å². The van der Waals surface area contributed by atoms with Gasteiger partial charge in [0.25, 0.3) is 0 Å². The van der Waals surface area contributed by atoms with Crippen LogP contribution < -0.4 is 10.5 Å². The largest absolute Gasteiger partial charge is 0.438 e. The van der Waals surface area contributed by atoms with Crippen molar-refractivity contribution in [2.45, 2.75) is 4.90 Å². The number of nitrogens with two attached hydrogens (primary N) is 1. The number of rotatable bonds is 4. The summed E-state index contributed by atoms with van der Waals surface area (Å²) in [7, 11) is 0. The Balaban J connectivity index is 2.28. The van der Waals surface area contributed by atoms with Crippen molar-refractivity contribution in [3.8, 4) is 11.6 Å². The van der Waals surface area contributed by atoms with E-state index < -0.39 is 0 Å². The van der Waals surface area contributed by atoms with E-state index in [1.807, 2.05) is 30.5 Å². The molecule has 0 fully saturated rings. The Kier molecular flexibility index (Phi) is 3.84. The van der Waals surface area contributed by atoms with Crippen molar-refractivity contribution < 1.29 is 4.74 Å². The summed E-state index contributed by atoms with van der Waals surface area (Å²) in [5.74, 6) is 1.18. The van der Waals surface area contributed by atoms with Gasteiger partial charge in [0.2, 0.25) is 5.88 Å². The maximum Gasteiger partial charge on any atom is 0.219 e. The summed E-state index contributed by atoms with van der Waals surface area (Å²) >= 11 is 1.61. The lowest BCUT2D eigenvalue weighted by molar-refractivity contribution is 0.452. The molecule has 0 amide bonds. The SMILES string of the molecule is CSc1ccccc1Oc1cc(C(=N)N)ccn1. The molecule has 92 valence electrons. The van der Waals surface area contributed by atoms with Crippen molar-refractivity contribution in [1.82, 2.24) is 4.98 Å². The summed E-state index contributed by atoms with van der Waals surface area (Å²) in [6, 6.07) is 11.1. The first-order valence-corrected chi connectivity index (χ1v) is 6.54. The van der Waals surface area contributed by atoms with Crippen LogP contribution in [0.3, 0.4) is 0 Å². The molecule has 0 atom stereocenters. The molecular formula is C13H13N3OS. The third-order valence-electron chi connectivity index (χ3n) is 2.33. The molecule has 0 spiro atoms. The first kappa shape index (κ1) is 12.4. The Bertz CT molecular complexity index is 572. The maximum absolute atomic E-state index is 7.38. The fraction of sp³-hybridized carbons (Fsp3) is 0.0769. The van der Waals surface area contributed by atoms with Gasteiger partial charge in [-0.3, -0.25) is 5.41 Å². The number of pyridine rings is 1. The lowest BCUT2D eigenvalue weighted by Gasteiger charge is -2.09. The quantitative estimate of drug-likeness (QED) is 0.503. The van der Waals surface area contributed by atoms with Gasteiger partial charge < -0.3 is 10.5 Å². The zero-order valence-corrected chi connectivity index (χ0v) is 10.7. The number of aromatic nitrogens is 1. The number of thioether (sulfide) groups is 1. The highest BCUT2D eigenvalue weighted by Crippen LogP contribution is 2.30. The van der Waals surface area contributed by atoms with E-state index >= 15 is 0 Å². The predicted octanol–water partition coefficient (Wildman–Crippen LogP) is 2.88. The van der Waals surface area contributed by atoms with Crippen LogP contribution in [0.4, 0.5) is 0 Å². The number of nitrogens with one attached hydrogen (secondary N) is 1. The van der Waals surface area contributed by atoms with Crippen molar-refractivity contribution in [3.63, 3.8) is 0 Å². The number of nitrogens with zero attached hydrogens (tertiary/aromatic N) is 1. The van der Waals surface area contributed by atoms with E-state index in [2.05, 4.69) is 4.98 Å². The van der Waals surface area contributed by atoms with Crippen LogP contribution in [0.1, 0.15) is 5.56 Å². The average Bonchev–Trinajstić information content (AvgIpc) is 2.39. The highest BCUT2D eigenvalue weighted by atomic mass is 32.2. The van der Waals surface area contributed by atoms with Gasteiger partial charge in [0.15, 0.2) is 0 Å². The minimum Gasteiger partial charge on any atom is -0.438 e. The fourth-order valence-electron chi connectivity index (χ4n) is 1.45. The van der Waals surface area contributed by atoms with Gasteiger partial charge in [-0.15, -0.1) is 11.8 Å². The summed E-state index contributed by atoms with van der Waals surface area (Å²) in [5, 5.41) is 7.38. The van der Waals surface area contributed by atoms with Crippen LogP contribution in [-0.2, 0) is 0 Å². The molecule has 4 nitrogen and oxygen atoms in total. The average molecular weight is 259 g/mol. The van der Waals surface area contributed by atoms with Crippen molar-refractivity contribution in [2.24, 2.45) is 5.73 Å². The van der Waals surface area contributed by atoms with Gasteiger partial charge in [0, 0.05) is 22.7 Å². The van der Waals surface area contributed by atoms with Gasteiger partial charge in [-0.2, -0.15) is 0 Å². The van der Waals surface area contributed by atoms with Crippen molar-refractivity contribution in [2.75, 3.05) is 6.26 Å². The second kappa shape index (κ2) is 5.55. The molecule has 2 rings (SSSR count).